The Labute approximate surface area is 213 Å². The van der Waals surface area contributed by atoms with Crippen LogP contribution in [0.3, 0.4) is 0 Å². The van der Waals surface area contributed by atoms with Gasteiger partial charge in [-0.3, -0.25) is 4.79 Å². The summed E-state index contributed by atoms with van der Waals surface area (Å²) >= 11 is 0. The average molecular weight is 488 g/mol. The molecule has 3 N–H and O–H groups in total. The number of nitrogens with zero attached hydrogens (tertiary/aromatic N) is 2. The highest BCUT2D eigenvalue weighted by atomic mass is 16.5. The fraction of sp³-hybridized carbons (Fsp3) is 0.379. The number of rotatable bonds is 11. The van der Waals surface area contributed by atoms with Gasteiger partial charge < -0.3 is 25.3 Å². The van der Waals surface area contributed by atoms with E-state index in [1.807, 2.05) is 63.4 Å². The summed E-state index contributed by atoms with van der Waals surface area (Å²) < 4.78 is 7.81. The van der Waals surface area contributed by atoms with Gasteiger partial charge in [0.05, 0.1) is 30.2 Å². The Morgan fingerprint density at radius 3 is 2.61 bits per heavy atom. The molecule has 36 heavy (non-hydrogen) atoms. The lowest BCUT2D eigenvalue weighted by molar-refractivity contribution is 0.0939. The first-order valence-electron chi connectivity index (χ1n) is 12.7. The molecule has 0 spiro atoms. The van der Waals surface area contributed by atoms with Crippen molar-refractivity contribution in [2.24, 2.45) is 5.92 Å². The van der Waals surface area contributed by atoms with Gasteiger partial charge in [-0.1, -0.05) is 25.1 Å². The number of fused-ring (bicyclic) bond motifs is 1. The van der Waals surface area contributed by atoms with Gasteiger partial charge in [0.25, 0.3) is 5.91 Å². The highest BCUT2D eigenvalue weighted by Gasteiger charge is 2.26. The van der Waals surface area contributed by atoms with E-state index in [0.717, 1.165) is 52.7 Å². The van der Waals surface area contributed by atoms with Crippen molar-refractivity contribution in [1.29, 1.82) is 0 Å². The Kier molecular flexibility index (Phi) is 7.98. The van der Waals surface area contributed by atoms with Crippen molar-refractivity contribution in [3.8, 4) is 0 Å². The van der Waals surface area contributed by atoms with Gasteiger partial charge in [-0.25, -0.2) is 4.98 Å². The fourth-order valence-corrected chi connectivity index (χ4v) is 4.40. The van der Waals surface area contributed by atoms with Gasteiger partial charge >= 0.3 is 0 Å². The molecule has 0 aliphatic heterocycles. The van der Waals surface area contributed by atoms with Crippen LogP contribution >= 0.6 is 0 Å². The van der Waals surface area contributed by atoms with E-state index in [1.165, 1.54) is 12.8 Å². The zero-order chi connectivity index (χ0) is 25.7. The summed E-state index contributed by atoms with van der Waals surface area (Å²) in [6.07, 6.45) is 5.39. The minimum absolute atomic E-state index is 0.102. The van der Waals surface area contributed by atoms with Crippen molar-refractivity contribution in [2.75, 3.05) is 14.2 Å². The second-order valence-corrected chi connectivity index (χ2v) is 9.35. The summed E-state index contributed by atoms with van der Waals surface area (Å²) in [5.41, 5.74) is 5.48. The second-order valence-electron chi connectivity index (χ2n) is 9.35. The predicted octanol–water partition coefficient (Wildman–Crippen LogP) is 5.33. The minimum Gasteiger partial charge on any atom is -0.483 e. The molecule has 0 radical (unpaired) electrons. The number of ether oxygens (including phenoxy) is 1. The van der Waals surface area contributed by atoms with Crippen molar-refractivity contribution in [3.63, 3.8) is 0 Å². The molecular weight excluding hydrogens is 450 g/mol. The molecule has 1 aliphatic carbocycles. The van der Waals surface area contributed by atoms with Gasteiger partial charge in [0.15, 0.2) is 5.88 Å². The highest BCUT2D eigenvalue weighted by Crippen LogP contribution is 2.34. The largest absolute Gasteiger partial charge is 0.483 e. The maximum absolute atomic E-state index is 12.7. The second kappa shape index (κ2) is 11.3. The predicted molar refractivity (Wildman–Crippen MR) is 145 cm³/mol. The van der Waals surface area contributed by atoms with Gasteiger partial charge in [-0.15, -0.1) is 0 Å². The first kappa shape index (κ1) is 25.4. The van der Waals surface area contributed by atoms with E-state index in [4.69, 9.17) is 9.72 Å². The number of hydrogen-bond donors (Lipinski definition) is 3. The van der Waals surface area contributed by atoms with Gasteiger partial charge in [0, 0.05) is 30.2 Å². The van der Waals surface area contributed by atoms with Crippen LogP contribution in [-0.2, 0) is 11.3 Å². The van der Waals surface area contributed by atoms with Gasteiger partial charge in [0.2, 0.25) is 0 Å². The SMILES string of the molecule is CC/C=C(\N/C(C)=C(\NC)c1cc2ccc([C@@H](C)NC(=O)c3ccccc3)nc2n1CC1CC1)OC. The third-order valence-corrected chi connectivity index (χ3v) is 6.53. The average Bonchev–Trinajstić information content (AvgIpc) is 3.65. The number of benzene rings is 1. The van der Waals surface area contributed by atoms with E-state index in [-0.39, 0.29) is 11.9 Å². The summed E-state index contributed by atoms with van der Waals surface area (Å²) in [7, 11) is 3.61. The normalized spacial score (nSPS) is 15.3. The Bertz CT molecular complexity index is 1270. The lowest BCUT2D eigenvalue weighted by Crippen LogP contribution is -2.27. The Morgan fingerprint density at radius 1 is 1.22 bits per heavy atom. The molecule has 1 saturated carbocycles. The maximum Gasteiger partial charge on any atom is 0.251 e. The molecule has 2 heterocycles. The first-order chi connectivity index (χ1) is 17.4. The number of amides is 1. The molecule has 1 amide bonds. The van der Waals surface area contributed by atoms with Crippen LogP contribution in [0.1, 0.15) is 67.8 Å². The quantitative estimate of drug-likeness (QED) is 0.319. The molecule has 0 saturated heterocycles. The third-order valence-electron chi connectivity index (χ3n) is 6.53. The zero-order valence-electron chi connectivity index (χ0n) is 21.9. The van der Waals surface area contributed by atoms with Crippen LogP contribution in [0, 0.1) is 5.92 Å². The monoisotopic (exact) mass is 487 g/mol. The van der Waals surface area contributed by atoms with Crippen molar-refractivity contribution < 1.29 is 9.53 Å². The molecule has 1 aromatic carbocycles. The van der Waals surface area contributed by atoms with E-state index in [9.17, 15) is 4.79 Å². The fourth-order valence-electron chi connectivity index (χ4n) is 4.40. The summed E-state index contributed by atoms with van der Waals surface area (Å²) in [6, 6.07) is 15.4. The molecule has 1 fully saturated rings. The minimum atomic E-state index is -0.221. The molecule has 0 unspecified atom stereocenters. The molecule has 3 aromatic rings. The molecule has 7 heteroatoms. The van der Waals surface area contributed by atoms with Crippen LogP contribution in [0.2, 0.25) is 0 Å². The number of aromatic nitrogens is 2. The smallest absolute Gasteiger partial charge is 0.251 e. The summed E-state index contributed by atoms with van der Waals surface area (Å²) in [5, 5.41) is 11.0. The molecule has 2 aromatic heterocycles. The lowest BCUT2D eigenvalue weighted by atomic mass is 10.1. The van der Waals surface area contributed by atoms with Crippen molar-refractivity contribution in [1.82, 2.24) is 25.5 Å². The molecule has 7 nitrogen and oxygen atoms in total. The topological polar surface area (TPSA) is 80.2 Å². The Morgan fingerprint density at radius 2 is 1.97 bits per heavy atom. The van der Waals surface area contributed by atoms with E-state index in [1.54, 1.807) is 7.11 Å². The number of methoxy groups -OCH3 is 1. The van der Waals surface area contributed by atoms with E-state index < -0.39 is 0 Å². The number of pyridine rings is 1. The zero-order valence-corrected chi connectivity index (χ0v) is 21.9. The number of carbonyl (C=O) groups is 1. The summed E-state index contributed by atoms with van der Waals surface area (Å²) in [4.78, 5) is 17.7. The van der Waals surface area contributed by atoms with Crippen LogP contribution in [-0.4, -0.2) is 29.6 Å². The number of hydrogen-bond acceptors (Lipinski definition) is 5. The number of nitrogens with one attached hydrogen (secondary N) is 3. The van der Waals surface area contributed by atoms with Gasteiger partial charge in [0.1, 0.15) is 5.65 Å². The molecule has 190 valence electrons. The molecule has 0 bridgehead atoms. The molecule has 4 rings (SSSR count). The van der Waals surface area contributed by atoms with Crippen molar-refractivity contribution in [2.45, 2.75) is 52.6 Å². The van der Waals surface area contributed by atoms with Crippen LogP contribution in [0.25, 0.3) is 16.7 Å². The van der Waals surface area contributed by atoms with Crippen LogP contribution in [0.4, 0.5) is 0 Å². The van der Waals surface area contributed by atoms with E-state index in [0.29, 0.717) is 11.5 Å². The standard InChI is InChI=1S/C29H37N5O2/c1-6-10-26(36-5)31-20(3)27(30-4)25-17-23-15-16-24(33-28(23)34(25)18-21-13-14-21)19(2)32-29(35)22-11-8-7-9-12-22/h7-12,15-17,19,21,30-31H,6,13-14,18H2,1-5H3,(H,32,35)/b26-10+,27-20-/t19-/m1/s1. The molecular formula is C29H37N5O2. The van der Waals surface area contributed by atoms with Gasteiger partial charge in [-0.2, -0.15) is 0 Å². The molecule has 1 atom stereocenters. The first-order valence-corrected chi connectivity index (χ1v) is 12.7. The number of carbonyl (C=O) groups excluding carboxylic acids is 1. The van der Waals surface area contributed by atoms with Crippen LogP contribution < -0.4 is 16.0 Å². The lowest BCUT2D eigenvalue weighted by Gasteiger charge is -2.18. The van der Waals surface area contributed by atoms with Gasteiger partial charge in [-0.05, 0) is 75.4 Å². The Balaban J connectivity index is 1.69. The Hall–Kier alpha value is -3.74. The summed E-state index contributed by atoms with van der Waals surface area (Å²) in [5.74, 6) is 1.30. The third kappa shape index (κ3) is 5.73. The van der Waals surface area contributed by atoms with E-state index in [2.05, 4.69) is 39.6 Å². The van der Waals surface area contributed by atoms with Crippen LogP contribution in [0.15, 0.2) is 66.2 Å². The number of allylic oxidation sites excluding steroid dienone is 2. The molecule has 1 aliphatic rings. The van der Waals surface area contributed by atoms with Crippen molar-refractivity contribution in [3.05, 3.63) is 83.1 Å². The van der Waals surface area contributed by atoms with Crippen LogP contribution in [0.5, 0.6) is 0 Å². The highest BCUT2D eigenvalue weighted by molar-refractivity contribution is 5.94. The van der Waals surface area contributed by atoms with E-state index >= 15 is 0 Å². The van der Waals surface area contributed by atoms with Crippen molar-refractivity contribution >= 4 is 22.6 Å². The summed E-state index contributed by atoms with van der Waals surface area (Å²) in [6.45, 7) is 7.02. The maximum atomic E-state index is 12.7.